The zero-order valence-corrected chi connectivity index (χ0v) is 14.1. The zero-order chi connectivity index (χ0) is 15.4. The van der Waals surface area contributed by atoms with Gasteiger partial charge in [-0.2, -0.15) is 0 Å². The highest BCUT2D eigenvalue weighted by Gasteiger charge is 2.09. The summed E-state index contributed by atoms with van der Waals surface area (Å²) in [6, 6.07) is 13.5. The van der Waals surface area contributed by atoms with Gasteiger partial charge in [0.2, 0.25) is 5.91 Å². The number of rotatable bonds is 4. The predicted octanol–water partition coefficient (Wildman–Crippen LogP) is 5.23. The molecule has 1 atom stereocenters. The summed E-state index contributed by atoms with van der Waals surface area (Å²) in [5, 5.41) is 6.87. The summed E-state index contributed by atoms with van der Waals surface area (Å²) in [6.45, 7) is 3.55. The van der Waals surface area contributed by atoms with Gasteiger partial charge in [0.25, 0.3) is 0 Å². The van der Waals surface area contributed by atoms with Gasteiger partial charge in [0.1, 0.15) is 0 Å². The second-order valence-corrected chi connectivity index (χ2v) is 6.09. The Morgan fingerprint density at radius 1 is 1.24 bits per heavy atom. The van der Waals surface area contributed by atoms with Crippen LogP contribution in [0.5, 0.6) is 0 Å². The number of amides is 1. The second-order valence-electron chi connectivity index (χ2n) is 4.80. The van der Waals surface area contributed by atoms with Gasteiger partial charge in [-0.05, 0) is 58.7 Å². The molecule has 5 heteroatoms. The average Bonchev–Trinajstić information content (AvgIpc) is 2.42. The summed E-state index contributed by atoms with van der Waals surface area (Å²) >= 11 is 9.52. The number of carbonyl (C=O) groups excluding carboxylic acids is 1. The van der Waals surface area contributed by atoms with Gasteiger partial charge in [0.15, 0.2) is 0 Å². The highest BCUT2D eigenvalue weighted by molar-refractivity contribution is 9.10. The van der Waals surface area contributed by atoms with Crippen LogP contribution in [0.15, 0.2) is 46.9 Å². The molecule has 0 aliphatic rings. The molecular weight excluding hydrogens is 352 g/mol. The van der Waals surface area contributed by atoms with E-state index in [0.717, 1.165) is 21.4 Å². The molecule has 1 amide bonds. The van der Waals surface area contributed by atoms with Crippen LogP contribution in [-0.4, -0.2) is 5.91 Å². The third-order valence-corrected chi connectivity index (χ3v) is 3.93. The second kappa shape index (κ2) is 6.96. The van der Waals surface area contributed by atoms with Gasteiger partial charge in [0.05, 0.1) is 5.69 Å². The van der Waals surface area contributed by atoms with Crippen molar-refractivity contribution in [2.45, 2.75) is 19.9 Å². The van der Waals surface area contributed by atoms with Crippen LogP contribution in [0, 0.1) is 0 Å². The quantitative estimate of drug-likeness (QED) is 0.776. The number of halogens is 2. The van der Waals surface area contributed by atoms with Crippen molar-refractivity contribution in [3.63, 3.8) is 0 Å². The van der Waals surface area contributed by atoms with E-state index < -0.39 is 0 Å². The summed E-state index contributed by atoms with van der Waals surface area (Å²) in [4.78, 5) is 11.1. The van der Waals surface area contributed by atoms with E-state index in [1.54, 1.807) is 0 Å². The van der Waals surface area contributed by atoms with E-state index in [1.807, 2.05) is 42.5 Å². The van der Waals surface area contributed by atoms with E-state index >= 15 is 0 Å². The summed E-state index contributed by atoms with van der Waals surface area (Å²) < 4.78 is 0.955. The molecule has 0 aliphatic heterocycles. The Labute approximate surface area is 137 Å². The van der Waals surface area contributed by atoms with E-state index in [4.69, 9.17) is 11.6 Å². The van der Waals surface area contributed by atoms with Gasteiger partial charge >= 0.3 is 0 Å². The number of hydrogen-bond acceptors (Lipinski definition) is 2. The lowest BCUT2D eigenvalue weighted by atomic mass is 10.1. The maximum Gasteiger partial charge on any atom is 0.221 e. The first kappa shape index (κ1) is 15.9. The van der Waals surface area contributed by atoms with Crippen molar-refractivity contribution >= 4 is 44.8 Å². The molecule has 2 aromatic rings. The van der Waals surface area contributed by atoms with Crippen molar-refractivity contribution in [3.05, 3.63) is 57.5 Å². The SMILES string of the molecule is CC(=O)Nc1cccc(C(C)Nc2cc(Cl)ccc2Br)c1. The first-order chi connectivity index (χ1) is 9.95. The van der Waals surface area contributed by atoms with Gasteiger partial charge in [-0.25, -0.2) is 0 Å². The van der Waals surface area contributed by atoms with E-state index in [-0.39, 0.29) is 11.9 Å². The van der Waals surface area contributed by atoms with E-state index in [9.17, 15) is 4.79 Å². The Kier molecular flexibility index (Phi) is 5.26. The fourth-order valence-electron chi connectivity index (χ4n) is 2.01. The standard InChI is InChI=1S/C16H16BrClN2O/c1-10(19-16-9-13(18)6-7-15(16)17)12-4-3-5-14(8-12)20-11(2)21/h3-10,19H,1-2H3,(H,20,21). The molecule has 0 spiro atoms. The Balaban J connectivity index is 2.18. The van der Waals surface area contributed by atoms with Gasteiger partial charge in [-0.3, -0.25) is 4.79 Å². The Hall–Kier alpha value is -1.52. The number of nitrogens with one attached hydrogen (secondary N) is 2. The molecule has 2 N–H and O–H groups in total. The number of carbonyl (C=O) groups is 1. The smallest absolute Gasteiger partial charge is 0.221 e. The minimum Gasteiger partial charge on any atom is -0.378 e. The fraction of sp³-hybridized carbons (Fsp3) is 0.188. The third-order valence-electron chi connectivity index (χ3n) is 3.01. The first-order valence-corrected chi connectivity index (χ1v) is 7.72. The summed E-state index contributed by atoms with van der Waals surface area (Å²) in [5.74, 6) is -0.0784. The van der Waals surface area contributed by atoms with Crippen molar-refractivity contribution in [1.82, 2.24) is 0 Å². The van der Waals surface area contributed by atoms with Crippen molar-refractivity contribution in [2.75, 3.05) is 10.6 Å². The van der Waals surface area contributed by atoms with Crippen LogP contribution in [0.4, 0.5) is 11.4 Å². The lowest BCUT2D eigenvalue weighted by Crippen LogP contribution is -2.09. The monoisotopic (exact) mass is 366 g/mol. The molecule has 0 saturated heterocycles. The molecule has 3 nitrogen and oxygen atoms in total. The van der Waals surface area contributed by atoms with Crippen LogP contribution in [0.2, 0.25) is 5.02 Å². The predicted molar refractivity (Wildman–Crippen MR) is 91.9 cm³/mol. The third kappa shape index (κ3) is 4.48. The Morgan fingerprint density at radius 3 is 2.71 bits per heavy atom. The van der Waals surface area contributed by atoms with Crippen LogP contribution in [-0.2, 0) is 4.79 Å². The van der Waals surface area contributed by atoms with Crippen LogP contribution >= 0.6 is 27.5 Å². The molecule has 0 aromatic heterocycles. The lowest BCUT2D eigenvalue weighted by Gasteiger charge is -2.18. The molecule has 21 heavy (non-hydrogen) atoms. The highest BCUT2D eigenvalue weighted by Crippen LogP contribution is 2.29. The largest absolute Gasteiger partial charge is 0.378 e. The molecule has 1 unspecified atom stereocenters. The average molecular weight is 368 g/mol. The summed E-state index contributed by atoms with van der Waals surface area (Å²) in [5.41, 5.74) is 2.80. The number of hydrogen-bond donors (Lipinski definition) is 2. The normalized spacial score (nSPS) is 11.8. The summed E-state index contributed by atoms with van der Waals surface area (Å²) in [7, 11) is 0. The van der Waals surface area contributed by atoms with Crippen molar-refractivity contribution in [1.29, 1.82) is 0 Å². The van der Waals surface area contributed by atoms with E-state index in [2.05, 4.69) is 33.5 Å². The molecule has 0 radical (unpaired) electrons. The van der Waals surface area contributed by atoms with Crippen LogP contribution in [0.25, 0.3) is 0 Å². The van der Waals surface area contributed by atoms with Crippen molar-refractivity contribution in [2.24, 2.45) is 0 Å². The van der Waals surface area contributed by atoms with Crippen molar-refractivity contribution < 1.29 is 4.79 Å². The fourth-order valence-corrected chi connectivity index (χ4v) is 2.55. The molecule has 0 saturated carbocycles. The van der Waals surface area contributed by atoms with Crippen LogP contribution < -0.4 is 10.6 Å². The summed E-state index contributed by atoms with van der Waals surface area (Å²) in [6.07, 6.45) is 0. The minimum absolute atomic E-state index is 0.0773. The van der Waals surface area contributed by atoms with Gasteiger partial charge in [-0.1, -0.05) is 23.7 Å². The maximum atomic E-state index is 11.1. The van der Waals surface area contributed by atoms with Gasteiger partial charge < -0.3 is 10.6 Å². The van der Waals surface area contributed by atoms with E-state index in [0.29, 0.717) is 5.02 Å². The van der Waals surface area contributed by atoms with Gasteiger partial charge in [-0.15, -0.1) is 0 Å². The molecule has 110 valence electrons. The van der Waals surface area contributed by atoms with Crippen LogP contribution in [0.1, 0.15) is 25.5 Å². The molecule has 0 heterocycles. The topological polar surface area (TPSA) is 41.1 Å². The minimum atomic E-state index is -0.0784. The molecule has 0 fully saturated rings. The molecular formula is C16H16BrClN2O. The molecule has 0 bridgehead atoms. The number of benzene rings is 2. The Morgan fingerprint density at radius 2 is 2.00 bits per heavy atom. The van der Waals surface area contributed by atoms with Crippen molar-refractivity contribution in [3.8, 4) is 0 Å². The number of anilines is 2. The Bertz CT molecular complexity index is 660. The molecule has 0 aliphatic carbocycles. The van der Waals surface area contributed by atoms with E-state index in [1.165, 1.54) is 6.92 Å². The van der Waals surface area contributed by atoms with Gasteiger partial charge in [0, 0.05) is 28.1 Å². The first-order valence-electron chi connectivity index (χ1n) is 6.55. The highest BCUT2D eigenvalue weighted by atomic mass is 79.9. The van der Waals surface area contributed by atoms with Crippen LogP contribution in [0.3, 0.4) is 0 Å². The lowest BCUT2D eigenvalue weighted by molar-refractivity contribution is -0.114. The molecule has 2 rings (SSSR count). The zero-order valence-electron chi connectivity index (χ0n) is 11.8. The maximum absolute atomic E-state index is 11.1. The molecule has 2 aromatic carbocycles.